The number of anilines is 3. The summed E-state index contributed by atoms with van der Waals surface area (Å²) in [5, 5.41) is 0. The molecule has 0 fully saturated rings. The fraction of sp³-hybridized carbons (Fsp3) is 0.0164. The summed E-state index contributed by atoms with van der Waals surface area (Å²) in [4.78, 5) is 2.51. The summed E-state index contributed by atoms with van der Waals surface area (Å²) >= 11 is 0. The van der Waals surface area contributed by atoms with Crippen LogP contribution in [0.5, 0.6) is 0 Å². The minimum atomic E-state index is -0.526. The molecular weight excluding hydrogens is 747 g/mol. The van der Waals surface area contributed by atoms with Crippen molar-refractivity contribution in [3.05, 3.63) is 259 Å². The minimum absolute atomic E-state index is 0.526. The Kier molecular flexibility index (Phi) is 7.59. The summed E-state index contributed by atoms with van der Waals surface area (Å²) in [7, 11) is 0. The van der Waals surface area contributed by atoms with Crippen LogP contribution in [0.25, 0.3) is 77.9 Å². The van der Waals surface area contributed by atoms with Crippen LogP contribution < -0.4 is 4.90 Å². The molecule has 0 heterocycles. The molecule has 0 atom stereocenters. The average molecular weight is 786 g/mol. The minimum Gasteiger partial charge on any atom is -0.310 e. The lowest BCUT2D eigenvalue weighted by Crippen LogP contribution is -2.28. The Hall–Kier alpha value is -8.00. The zero-order valence-electron chi connectivity index (χ0n) is 34.0. The highest BCUT2D eigenvalue weighted by Gasteiger charge is 2.46. The Bertz CT molecular complexity index is 3340. The second-order valence-electron chi connectivity index (χ2n) is 16.7. The van der Waals surface area contributed by atoms with E-state index in [1.165, 1.54) is 100 Å². The first kappa shape index (κ1) is 34.8. The Morgan fingerprint density at radius 2 is 0.694 bits per heavy atom. The van der Waals surface area contributed by atoms with Gasteiger partial charge in [0, 0.05) is 16.9 Å². The SMILES string of the molecule is c1ccc(-c2ccccc2N(c2ccc3c(c2)-c2c4cccc2-c2cccc-3c2-c2ccccc2-4)c2ccc3c(c2)C(c2ccccc2)(c2ccccc2)c2ccccc2-3)cc1. The molecule has 0 aromatic heterocycles. The van der Waals surface area contributed by atoms with Crippen molar-refractivity contribution in [2.24, 2.45) is 0 Å². The van der Waals surface area contributed by atoms with Crippen LogP contribution in [0.4, 0.5) is 17.1 Å². The van der Waals surface area contributed by atoms with E-state index in [1.807, 2.05) is 0 Å². The van der Waals surface area contributed by atoms with Crippen LogP contribution in [0.1, 0.15) is 22.3 Å². The van der Waals surface area contributed by atoms with Crippen LogP contribution in [0.2, 0.25) is 0 Å². The molecule has 0 radical (unpaired) electrons. The second-order valence-corrected chi connectivity index (χ2v) is 16.7. The van der Waals surface area contributed by atoms with Crippen LogP contribution in [0, 0.1) is 0 Å². The van der Waals surface area contributed by atoms with E-state index in [0.29, 0.717) is 0 Å². The number of fused-ring (bicyclic) bond motifs is 7. The quantitative estimate of drug-likeness (QED) is 0.162. The maximum absolute atomic E-state index is 2.51. The zero-order chi connectivity index (χ0) is 40.8. The molecule has 0 saturated heterocycles. The fourth-order valence-corrected chi connectivity index (χ4v) is 11.2. The van der Waals surface area contributed by atoms with E-state index in [1.54, 1.807) is 0 Å². The van der Waals surface area contributed by atoms with Gasteiger partial charge in [-0.05, 0) is 125 Å². The van der Waals surface area contributed by atoms with Gasteiger partial charge in [-0.3, -0.25) is 0 Å². The molecule has 6 bridgehead atoms. The molecule has 288 valence electrons. The zero-order valence-corrected chi connectivity index (χ0v) is 34.0. The third kappa shape index (κ3) is 4.85. The summed E-state index contributed by atoms with van der Waals surface area (Å²) in [5.41, 5.74) is 25.7. The van der Waals surface area contributed by atoms with Crippen LogP contribution in [-0.4, -0.2) is 0 Å². The van der Waals surface area contributed by atoms with E-state index in [-0.39, 0.29) is 0 Å². The first-order chi connectivity index (χ1) is 30.8. The summed E-state index contributed by atoms with van der Waals surface area (Å²) in [6.07, 6.45) is 0. The van der Waals surface area contributed by atoms with E-state index in [9.17, 15) is 0 Å². The molecule has 0 aliphatic heterocycles. The molecule has 0 N–H and O–H groups in total. The topological polar surface area (TPSA) is 3.24 Å². The van der Waals surface area contributed by atoms with E-state index >= 15 is 0 Å². The second kappa shape index (κ2) is 13.5. The van der Waals surface area contributed by atoms with E-state index in [0.717, 1.165) is 17.1 Å². The van der Waals surface area contributed by atoms with Crippen molar-refractivity contribution in [3.8, 4) is 77.9 Å². The van der Waals surface area contributed by atoms with Crippen molar-refractivity contribution in [2.75, 3.05) is 4.90 Å². The largest absolute Gasteiger partial charge is 0.310 e. The van der Waals surface area contributed by atoms with Crippen molar-refractivity contribution >= 4 is 17.1 Å². The van der Waals surface area contributed by atoms with Gasteiger partial charge in [0.15, 0.2) is 0 Å². The van der Waals surface area contributed by atoms with E-state index in [2.05, 4.69) is 241 Å². The highest BCUT2D eigenvalue weighted by atomic mass is 15.1. The third-order valence-corrected chi connectivity index (χ3v) is 13.7. The van der Waals surface area contributed by atoms with Crippen molar-refractivity contribution in [1.29, 1.82) is 0 Å². The predicted octanol–water partition coefficient (Wildman–Crippen LogP) is 16.1. The summed E-state index contributed by atoms with van der Waals surface area (Å²) in [6.45, 7) is 0. The molecule has 1 heteroatoms. The lowest BCUT2D eigenvalue weighted by atomic mass is 9.67. The average Bonchev–Trinajstić information content (AvgIpc) is 3.58. The fourth-order valence-electron chi connectivity index (χ4n) is 11.2. The molecule has 0 spiro atoms. The molecule has 13 rings (SSSR count). The number of benzene rings is 10. The number of para-hydroxylation sites is 1. The van der Waals surface area contributed by atoms with Gasteiger partial charge >= 0.3 is 0 Å². The lowest BCUT2D eigenvalue weighted by molar-refractivity contribution is 0.768. The van der Waals surface area contributed by atoms with Gasteiger partial charge in [-0.25, -0.2) is 0 Å². The molecule has 0 amide bonds. The standard InChI is InChI=1S/C61H39N/c1-4-18-40(19-5-1)45-24-13-15-33-58(45)62(43-34-36-47-52-29-17-30-53-54-31-16-28-51(60(54)55(47)38-43)46-25-10-11-27-50(46)59(52)53)44-35-37-49-48-26-12-14-32-56(48)61(57(49)39-44,41-20-6-2-7-21-41)42-22-8-3-9-23-42/h1-39H. The van der Waals surface area contributed by atoms with Gasteiger partial charge in [-0.2, -0.15) is 0 Å². The summed E-state index contributed by atoms with van der Waals surface area (Å²) < 4.78 is 0. The van der Waals surface area contributed by atoms with Crippen molar-refractivity contribution in [1.82, 2.24) is 0 Å². The summed E-state index contributed by atoms with van der Waals surface area (Å²) in [6, 6.07) is 88.1. The maximum Gasteiger partial charge on any atom is 0.0714 e. The normalized spacial score (nSPS) is 13.0. The van der Waals surface area contributed by atoms with Gasteiger partial charge in [-0.1, -0.05) is 206 Å². The van der Waals surface area contributed by atoms with Gasteiger partial charge in [0.05, 0.1) is 11.1 Å². The number of rotatable bonds is 6. The van der Waals surface area contributed by atoms with Gasteiger partial charge in [0.2, 0.25) is 0 Å². The van der Waals surface area contributed by atoms with Crippen LogP contribution in [0.15, 0.2) is 237 Å². The smallest absolute Gasteiger partial charge is 0.0714 e. The lowest BCUT2D eigenvalue weighted by Gasteiger charge is -2.35. The Morgan fingerprint density at radius 3 is 1.35 bits per heavy atom. The molecule has 0 unspecified atom stereocenters. The van der Waals surface area contributed by atoms with Gasteiger partial charge in [-0.15, -0.1) is 0 Å². The van der Waals surface area contributed by atoms with Crippen LogP contribution in [-0.2, 0) is 5.41 Å². The van der Waals surface area contributed by atoms with E-state index < -0.39 is 5.41 Å². The molecule has 10 aromatic rings. The van der Waals surface area contributed by atoms with Gasteiger partial charge in [0.1, 0.15) is 0 Å². The van der Waals surface area contributed by atoms with Gasteiger partial charge < -0.3 is 4.90 Å². The van der Waals surface area contributed by atoms with Crippen molar-refractivity contribution < 1.29 is 0 Å². The Balaban J connectivity index is 1.11. The maximum atomic E-state index is 2.51. The number of hydrogen-bond donors (Lipinski definition) is 0. The highest BCUT2D eigenvalue weighted by molar-refractivity contribution is 6.15. The molecule has 0 saturated carbocycles. The molecular formula is C61H39N. The molecule has 62 heavy (non-hydrogen) atoms. The van der Waals surface area contributed by atoms with Crippen LogP contribution in [0.3, 0.4) is 0 Å². The monoisotopic (exact) mass is 785 g/mol. The molecule has 3 aliphatic rings. The number of hydrogen-bond acceptors (Lipinski definition) is 1. The summed E-state index contributed by atoms with van der Waals surface area (Å²) in [5.74, 6) is 0. The predicted molar refractivity (Wildman–Crippen MR) is 258 cm³/mol. The van der Waals surface area contributed by atoms with Gasteiger partial charge in [0.25, 0.3) is 0 Å². The van der Waals surface area contributed by atoms with E-state index in [4.69, 9.17) is 0 Å². The molecule has 1 nitrogen and oxygen atoms in total. The number of nitrogens with zero attached hydrogens (tertiary/aromatic N) is 1. The first-order valence-corrected chi connectivity index (χ1v) is 21.6. The van der Waals surface area contributed by atoms with Crippen LogP contribution >= 0.6 is 0 Å². The van der Waals surface area contributed by atoms with Crippen molar-refractivity contribution in [3.63, 3.8) is 0 Å². The first-order valence-electron chi connectivity index (χ1n) is 21.6. The molecule has 3 aliphatic carbocycles. The Labute approximate surface area is 362 Å². The highest BCUT2D eigenvalue weighted by Crippen LogP contribution is 2.60. The molecule has 10 aromatic carbocycles. The van der Waals surface area contributed by atoms with Crippen molar-refractivity contribution in [2.45, 2.75) is 5.41 Å². The Morgan fingerprint density at radius 1 is 0.258 bits per heavy atom. The third-order valence-electron chi connectivity index (χ3n) is 13.7.